The average Bonchev–Trinajstić information content (AvgIpc) is 3.36. The average molecular weight is 526 g/mol. The van der Waals surface area contributed by atoms with Gasteiger partial charge >= 0.3 is 0 Å². The van der Waals surface area contributed by atoms with E-state index in [-0.39, 0.29) is 11.3 Å². The molecule has 4 rings (SSSR count). The first-order chi connectivity index (χ1) is 15.6. The first kappa shape index (κ1) is 23.8. The molecule has 0 heterocycles. The minimum atomic E-state index is -1.41. The van der Waals surface area contributed by atoms with Gasteiger partial charge in [-0.05, 0) is 48.0 Å². The highest BCUT2D eigenvalue weighted by atomic mass is 35.5. The van der Waals surface area contributed by atoms with Crippen molar-refractivity contribution in [3.8, 4) is 0 Å². The van der Waals surface area contributed by atoms with Gasteiger partial charge < -0.3 is 10.2 Å². The van der Waals surface area contributed by atoms with Gasteiger partial charge in [-0.2, -0.15) is 0 Å². The first-order valence-electron chi connectivity index (χ1n) is 9.87. The van der Waals surface area contributed by atoms with Crippen LogP contribution in [0.15, 0.2) is 66.7 Å². The number of nitrogens with one attached hydrogen (secondary N) is 1. The van der Waals surface area contributed by atoms with Crippen molar-refractivity contribution in [2.75, 3.05) is 17.3 Å². The molecule has 0 aliphatic heterocycles. The van der Waals surface area contributed by atoms with Gasteiger partial charge in [-0.15, -0.1) is 23.2 Å². The third-order valence-corrected chi connectivity index (χ3v) is 6.89. The number of carbonyl (C=O) groups excluding carboxylic acids is 2. The molecule has 1 fully saturated rings. The number of carbonyl (C=O) groups is 2. The number of rotatable bonds is 5. The Hall–Kier alpha value is -2.31. The smallest absolute Gasteiger partial charge is 0.261 e. The van der Waals surface area contributed by atoms with E-state index in [2.05, 4.69) is 5.32 Å². The Morgan fingerprint density at radius 2 is 1.61 bits per heavy atom. The quantitative estimate of drug-likeness (QED) is 0.367. The number of hydrogen-bond donors (Lipinski definition) is 1. The summed E-state index contributed by atoms with van der Waals surface area (Å²) in [5, 5.41) is 3.28. The van der Waals surface area contributed by atoms with Gasteiger partial charge in [0.15, 0.2) is 5.82 Å². The van der Waals surface area contributed by atoms with Crippen molar-refractivity contribution >= 4 is 69.6 Å². The van der Waals surface area contributed by atoms with Gasteiger partial charge in [0.25, 0.3) is 5.91 Å². The minimum absolute atomic E-state index is 0.147. The molecular formula is C24H17Cl4FN2O2. The van der Waals surface area contributed by atoms with Crippen LogP contribution in [0, 0.1) is 11.7 Å². The number of anilines is 2. The Morgan fingerprint density at radius 3 is 2.24 bits per heavy atom. The number of para-hydroxylation sites is 1. The van der Waals surface area contributed by atoms with Gasteiger partial charge in [0.2, 0.25) is 5.91 Å². The number of benzene rings is 3. The topological polar surface area (TPSA) is 49.4 Å². The molecular weight excluding hydrogens is 509 g/mol. The lowest BCUT2D eigenvalue weighted by Crippen LogP contribution is -2.27. The molecule has 1 N–H and O–H groups in total. The largest absolute Gasteiger partial charge is 0.323 e. The minimum Gasteiger partial charge on any atom is -0.323 e. The number of alkyl halides is 2. The highest BCUT2D eigenvalue weighted by Gasteiger charge is 2.67. The monoisotopic (exact) mass is 524 g/mol. The van der Waals surface area contributed by atoms with Gasteiger partial charge in [0.05, 0.1) is 17.2 Å². The van der Waals surface area contributed by atoms with Crippen LogP contribution in [-0.4, -0.2) is 23.2 Å². The highest BCUT2D eigenvalue weighted by Crippen LogP contribution is 2.65. The first-order valence-corrected chi connectivity index (χ1v) is 11.4. The molecule has 2 unspecified atom stereocenters. The van der Waals surface area contributed by atoms with Crippen LogP contribution in [0.5, 0.6) is 0 Å². The molecule has 3 aromatic carbocycles. The van der Waals surface area contributed by atoms with E-state index in [4.69, 9.17) is 46.4 Å². The lowest BCUT2D eigenvalue weighted by atomic mass is 10.1. The predicted octanol–water partition coefficient (Wildman–Crippen LogP) is 6.94. The molecule has 0 aromatic heterocycles. The van der Waals surface area contributed by atoms with E-state index in [1.807, 2.05) is 6.07 Å². The second-order valence-electron chi connectivity index (χ2n) is 7.69. The molecule has 1 aliphatic carbocycles. The fourth-order valence-corrected chi connectivity index (χ4v) is 5.15. The summed E-state index contributed by atoms with van der Waals surface area (Å²) in [6.07, 6.45) is 0. The Bertz CT molecular complexity index is 1220. The Balaban J connectivity index is 1.55. The van der Waals surface area contributed by atoms with Gasteiger partial charge in [0, 0.05) is 28.7 Å². The molecule has 0 saturated heterocycles. The predicted molar refractivity (Wildman–Crippen MR) is 131 cm³/mol. The van der Waals surface area contributed by atoms with Gasteiger partial charge in [-0.3, -0.25) is 9.59 Å². The molecule has 0 radical (unpaired) electrons. The molecule has 3 aromatic rings. The number of halogens is 5. The van der Waals surface area contributed by atoms with Crippen molar-refractivity contribution in [2.24, 2.45) is 5.92 Å². The van der Waals surface area contributed by atoms with Crippen LogP contribution in [0.1, 0.15) is 21.8 Å². The zero-order valence-electron chi connectivity index (χ0n) is 17.2. The normalized spacial score (nSPS) is 18.5. The third-order valence-electron chi connectivity index (χ3n) is 5.52. The summed E-state index contributed by atoms with van der Waals surface area (Å²) in [5.74, 6) is -3.43. The summed E-state index contributed by atoms with van der Waals surface area (Å²) in [7, 11) is 1.54. The number of nitrogens with zero attached hydrogens (tertiary/aromatic N) is 1. The Labute approximate surface area is 210 Å². The van der Waals surface area contributed by atoms with Crippen LogP contribution in [-0.2, 0) is 4.79 Å². The summed E-state index contributed by atoms with van der Waals surface area (Å²) >= 11 is 24.8. The lowest BCUT2D eigenvalue weighted by Gasteiger charge is -2.18. The molecule has 170 valence electrons. The van der Waals surface area contributed by atoms with Gasteiger partial charge in [-0.25, -0.2) is 4.39 Å². The van der Waals surface area contributed by atoms with Crippen LogP contribution >= 0.6 is 46.4 Å². The van der Waals surface area contributed by atoms with E-state index < -0.39 is 33.8 Å². The van der Waals surface area contributed by atoms with E-state index in [0.29, 0.717) is 21.3 Å². The highest BCUT2D eigenvalue weighted by molar-refractivity contribution is 6.53. The zero-order valence-corrected chi connectivity index (χ0v) is 20.2. The third kappa shape index (κ3) is 4.69. The summed E-state index contributed by atoms with van der Waals surface area (Å²) in [5.41, 5.74) is 0.875. The maximum absolute atomic E-state index is 15.2. The van der Waals surface area contributed by atoms with Crippen LogP contribution < -0.4 is 10.2 Å². The molecule has 0 spiro atoms. The van der Waals surface area contributed by atoms with Crippen molar-refractivity contribution in [1.82, 2.24) is 0 Å². The second-order valence-corrected chi connectivity index (χ2v) is 10.0. The maximum Gasteiger partial charge on any atom is 0.261 e. The molecule has 4 nitrogen and oxygen atoms in total. The van der Waals surface area contributed by atoms with Crippen LogP contribution in [0.3, 0.4) is 0 Å². The summed E-state index contributed by atoms with van der Waals surface area (Å²) in [6.45, 7) is 0. The maximum atomic E-state index is 15.2. The van der Waals surface area contributed by atoms with Crippen molar-refractivity contribution in [3.05, 3.63) is 93.7 Å². The van der Waals surface area contributed by atoms with Crippen molar-refractivity contribution in [3.63, 3.8) is 0 Å². The summed E-state index contributed by atoms with van der Waals surface area (Å²) in [4.78, 5) is 27.1. The summed E-state index contributed by atoms with van der Waals surface area (Å²) in [6, 6.07) is 17.8. The number of amides is 2. The van der Waals surface area contributed by atoms with E-state index in [1.54, 1.807) is 49.5 Å². The van der Waals surface area contributed by atoms with Gasteiger partial charge in [0.1, 0.15) is 4.33 Å². The zero-order chi connectivity index (χ0) is 23.9. The molecule has 2 amide bonds. The molecule has 1 saturated carbocycles. The molecule has 33 heavy (non-hydrogen) atoms. The molecule has 9 heteroatoms. The van der Waals surface area contributed by atoms with Crippen LogP contribution in [0.4, 0.5) is 15.8 Å². The van der Waals surface area contributed by atoms with Crippen molar-refractivity contribution in [1.29, 1.82) is 0 Å². The lowest BCUT2D eigenvalue weighted by molar-refractivity contribution is -0.117. The van der Waals surface area contributed by atoms with Crippen molar-refractivity contribution in [2.45, 2.75) is 10.3 Å². The van der Waals surface area contributed by atoms with Crippen LogP contribution in [0.2, 0.25) is 10.0 Å². The Morgan fingerprint density at radius 1 is 0.970 bits per heavy atom. The van der Waals surface area contributed by atoms with Crippen LogP contribution in [0.25, 0.3) is 0 Å². The molecule has 0 bridgehead atoms. The SMILES string of the molecule is CN(C(=O)c1cccc(NC(=O)C2C(c3cc(Cl)cc(Cl)c3)C2(Cl)Cl)c1F)c1ccccc1. The fourth-order valence-electron chi connectivity index (χ4n) is 3.78. The second kappa shape index (κ2) is 9.15. The molecule has 2 atom stereocenters. The van der Waals surface area contributed by atoms with E-state index >= 15 is 4.39 Å². The molecule has 1 aliphatic rings. The van der Waals surface area contributed by atoms with E-state index in [1.165, 1.54) is 23.1 Å². The van der Waals surface area contributed by atoms with E-state index in [0.717, 1.165) is 0 Å². The fraction of sp³-hybridized carbons (Fsp3) is 0.167. The number of hydrogen-bond acceptors (Lipinski definition) is 2. The standard InChI is InChI=1S/C24H17Cl4FN2O2/c1-31(16-6-3-2-4-7-16)23(33)17-8-5-9-18(21(17)29)30-22(32)20-19(24(20,27)28)13-10-14(25)12-15(26)11-13/h2-12,19-20H,1H3,(H,30,32). The van der Waals surface area contributed by atoms with Gasteiger partial charge in [-0.1, -0.05) is 47.5 Å². The van der Waals surface area contributed by atoms with E-state index in [9.17, 15) is 9.59 Å². The van der Waals surface area contributed by atoms with Crippen molar-refractivity contribution < 1.29 is 14.0 Å². The Kier molecular flexibility index (Phi) is 6.61. The summed E-state index contributed by atoms with van der Waals surface area (Å²) < 4.78 is 13.8.